The third-order valence-electron chi connectivity index (χ3n) is 2.14. The van der Waals surface area contributed by atoms with Crippen molar-refractivity contribution in [1.29, 1.82) is 5.26 Å². The number of benzene rings is 1. The molecule has 0 spiro atoms. The van der Waals surface area contributed by atoms with Gasteiger partial charge in [-0.15, -0.1) is 0 Å². The molecule has 0 saturated heterocycles. The van der Waals surface area contributed by atoms with E-state index in [2.05, 4.69) is 4.72 Å². The smallest absolute Gasteiger partial charge is 0.215 e. The van der Waals surface area contributed by atoms with Gasteiger partial charge in [0.2, 0.25) is 10.0 Å². The van der Waals surface area contributed by atoms with Crippen molar-refractivity contribution in [2.24, 2.45) is 0 Å². The monoisotopic (exact) mass is 254 g/mol. The fraction of sp³-hybridized carbons (Fsp3) is 0.364. The molecule has 0 atom stereocenters. The first kappa shape index (κ1) is 13.6. The first-order chi connectivity index (χ1) is 8.09. The number of sulfonamides is 1. The number of rotatable bonds is 6. The summed E-state index contributed by atoms with van der Waals surface area (Å²) < 4.78 is 25.6. The zero-order chi connectivity index (χ0) is 12.7. The molecular formula is C11H14N2O3S. The van der Waals surface area contributed by atoms with E-state index in [4.69, 9.17) is 10.4 Å². The molecule has 0 fully saturated rings. The van der Waals surface area contributed by atoms with Crippen LogP contribution in [0.5, 0.6) is 0 Å². The third-order valence-corrected chi connectivity index (χ3v) is 3.48. The van der Waals surface area contributed by atoms with E-state index in [1.807, 2.05) is 6.07 Å². The molecule has 0 unspecified atom stereocenters. The quantitative estimate of drug-likeness (QED) is 0.717. The second-order valence-electron chi connectivity index (χ2n) is 3.50. The Balaban J connectivity index is 2.73. The summed E-state index contributed by atoms with van der Waals surface area (Å²) >= 11 is 0. The highest BCUT2D eigenvalue weighted by molar-refractivity contribution is 7.88. The van der Waals surface area contributed by atoms with Crippen molar-refractivity contribution in [3.63, 3.8) is 0 Å². The van der Waals surface area contributed by atoms with Crippen LogP contribution in [0.1, 0.15) is 17.5 Å². The predicted octanol–water partition coefficient (Wildman–Crippen LogP) is 0.360. The van der Waals surface area contributed by atoms with Gasteiger partial charge in [-0.3, -0.25) is 0 Å². The minimum Gasteiger partial charge on any atom is -0.396 e. The Bertz CT molecular complexity index is 506. The van der Waals surface area contributed by atoms with E-state index in [1.165, 1.54) is 0 Å². The highest BCUT2D eigenvalue weighted by Gasteiger charge is 2.13. The van der Waals surface area contributed by atoms with Crippen molar-refractivity contribution in [2.45, 2.75) is 12.2 Å². The van der Waals surface area contributed by atoms with Gasteiger partial charge in [-0.2, -0.15) is 5.26 Å². The fourth-order valence-corrected chi connectivity index (χ4v) is 2.54. The molecule has 0 aliphatic carbocycles. The van der Waals surface area contributed by atoms with Gasteiger partial charge in [-0.05, 0) is 18.1 Å². The number of hydrogen-bond donors (Lipinski definition) is 2. The van der Waals surface area contributed by atoms with Crippen molar-refractivity contribution in [1.82, 2.24) is 4.72 Å². The number of aliphatic hydroxyl groups is 1. The van der Waals surface area contributed by atoms with E-state index >= 15 is 0 Å². The molecule has 6 heteroatoms. The van der Waals surface area contributed by atoms with E-state index in [0.717, 1.165) is 0 Å². The highest BCUT2D eigenvalue weighted by atomic mass is 32.2. The summed E-state index contributed by atoms with van der Waals surface area (Å²) in [6.07, 6.45) is 0.374. The molecule has 0 saturated carbocycles. The van der Waals surface area contributed by atoms with Gasteiger partial charge < -0.3 is 5.11 Å². The van der Waals surface area contributed by atoms with Crippen LogP contribution in [0.2, 0.25) is 0 Å². The number of aliphatic hydroxyl groups excluding tert-OH is 1. The van der Waals surface area contributed by atoms with Crippen molar-refractivity contribution in [2.75, 3.05) is 13.2 Å². The second-order valence-corrected chi connectivity index (χ2v) is 5.31. The summed E-state index contributed by atoms with van der Waals surface area (Å²) in [6, 6.07) is 8.53. The highest BCUT2D eigenvalue weighted by Crippen LogP contribution is 2.10. The Hall–Kier alpha value is -1.42. The van der Waals surface area contributed by atoms with Crippen molar-refractivity contribution in [3.05, 3.63) is 35.4 Å². The van der Waals surface area contributed by atoms with Gasteiger partial charge in [0.25, 0.3) is 0 Å². The molecule has 5 nitrogen and oxygen atoms in total. The summed E-state index contributed by atoms with van der Waals surface area (Å²) in [7, 11) is -3.45. The largest absolute Gasteiger partial charge is 0.396 e. The molecule has 0 aliphatic rings. The molecule has 92 valence electrons. The van der Waals surface area contributed by atoms with E-state index in [1.54, 1.807) is 24.3 Å². The van der Waals surface area contributed by atoms with Crippen LogP contribution in [-0.2, 0) is 15.8 Å². The SMILES string of the molecule is N#Cc1ccccc1CS(=O)(=O)NCCCO. The summed E-state index contributed by atoms with van der Waals surface area (Å²) in [5, 5.41) is 17.4. The topological polar surface area (TPSA) is 90.2 Å². The van der Waals surface area contributed by atoms with Crippen molar-refractivity contribution < 1.29 is 13.5 Å². The Labute approximate surface area is 101 Å². The van der Waals surface area contributed by atoms with Crippen LogP contribution in [0.4, 0.5) is 0 Å². The summed E-state index contributed by atoms with van der Waals surface area (Å²) in [4.78, 5) is 0. The van der Waals surface area contributed by atoms with Crippen LogP contribution in [0.25, 0.3) is 0 Å². The normalized spacial score (nSPS) is 11.1. The molecule has 2 N–H and O–H groups in total. The molecular weight excluding hydrogens is 240 g/mol. The maximum absolute atomic E-state index is 11.6. The lowest BCUT2D eigenvalue weighted by molar-refractivity contribution is 0.289. The number of nitrogens with zero attached hydrogens (tertiary/aromatic N) is 1. The third kappa shape index (κ3) is 4.53. The molecule has 1 rings (SSSR count). The summed E-state index contributed by atoms with van der Waals surface area (Å²) in [5.41, 5.74) is 0.839. The Morgan fingerprint density at radius 1 is 1.35 bits per heavy atom. The molecule has 0 aliphatic heterocycles. The fourth-order valence-electron chi connectivity index (χ4n) is 1.32. The Kier molecular flexibility index (Phi) is 5.10. The lowest BCUT2D eigenvalue weighted by atomic mass is 10.1. The average molecular weight is 254 g/mol. The van der Waals surface area contributed by atoms with Gasteiger partial charge in [0, 0.05) is 13.2 Å². The lowest BCUT2D eigenvalue weighted by Gasteiger charge is -2.07. The minimum atomic E-state index is -3.45. The molecule has 17 heavy (non-hydrogen) atoms. The number of hydrogen-bond acceptors (Lipinski definition) is 4. The maximum atomic E-state index is 11.6. The zero-order valence-corrected chi connectivity index (χ0v) is 10.1. The van der Waals surface area contributed by atoms with Gasteiger partial charge in [0.05, 0.1) is 17.4 Å². The van der Waals surface area contributed by atoms with E-state index in [0.29, 0.717) is 17.5 Å². The first-order valence-corrected chi connectivity index (χ1v) is 6.80. The van der Waals surface area contributed by atoms with Crippen molar-refractivity contribution >= 4 is 10.0 Å². The molecule has 0 radical (unpaired) electrons. The zero-order valence-electron chi connectivity index (χ0n) is 9.26. The van der Waals surface area contributed by atoms with Gasteiger partial charge >= 0.3 is 0 Å². The molecule has 1 aromatic rings. The average Bonchev–Trinajstić information content (AvgIpc) is 2.29. The van der Waals surface area contributed by atoms with Gasteiger partial charge in [0.1, 0.15) is 0 Å². The predicted molar refractivity (Wildman–Crippen MR) is 63.5 cm³/mol. The van der Waals surface area contributed by atoms with E-state index in [-0.39, 0.29) is 18.9 Å². The van der Waals surface area contributed by atoms with Crippen LogP contribution in [0, 0.1) is 11.3 Å². The van der Waals surface area contributed by atoms with Gasteiger partial charge in [-0.1, -0.05) is 18.2 Å². The van der Waals surface area contributed by atoms with Gasteiger partial charge in [0.15, 0.2) is 0 Å². The van der Waals surface area contributed by atoms with E-state index in [9.17, 15) is 8.42 Å². The lowest BCUT2D eigenvalue weighted by Crippen LogP contribution is -2.26. The second kappa shape index (κ2) is 6.35. The molecule has 0 heterocycles. The van der Waals surface area contributed by atoms with Crippen LogP contribution in [-0.4, -0.2) is 26.7 Å². The van der Waals surface area contributed by atoms with Crippen molar-refractivity contribution in [3.8, 4) is 6.07 Å². The van der Waals surface area contributed by atoms with Crippen LogP contribution >= 0.6 is 0 Å². The van der Waals surface area contributed by atoms with Gasteiger partial charge in [-0.25, -0.2) is 13.1 Å². The molecule has 1 aromatic carbocycles. The number of nitriles is 1. The maximum Gasteiger partial charge on any atom is 0.215 e. The molecule has 0 aromatic heterocycles. The van der Waals surface area contributed by atoms with Crippen LogP contribution in [0.3, 0.4) is 0 Å². The Morgan fingerprint density at radius 2 is 2.06 bits per heavy atom. The standard InChI is InChI=1S/C11H14N2O3S/c12-8-10-4-1-2-5-11(10)9-17(15,16)13-6-3-7-14/h1-2,4-5,13-14H,3,6-7,9H2. The van der Waals surface area contributed by atoms with Crippen LogP contribution < -0.4 is 4.72 Å². The minimum absolute atomic E-state index is 0.0582. The summed E-state index contributed by atoms with van der Waals surface area (Å²) in [5.74, 6) is -0.220. The van der Waals surface area contributed by atoms with E-state index < -0.39 is 10.0 Å². The van der Waals surface area contributed by atoms with Crippen LogP contribution in [0.15, 0.2) is 24.3 Å². The Morgan fingerprint density at radius 3 is 2.71 bits per heavy atom. The molecule has 0 bridgehead atoms. The molecule has 0 amide bonds. The summed E-state index contributed by atoms with van der Waals surface area (Å²) in [6.45, 7) is 0.144. The first-order valence-electron chi connectivity index (χ1n) is 5.15. The number of nitrogens with one attached hydrogen (secondary N) is 1.